The summed E-state index contributed by atoms with van der Waals surface area (Å²) in [5, 5.41) is 3.98. The van der Waals surface area contributed by atoms with Gasteiger partial charge in [0.05, 0.1) is 6.26 Å². The maximum Gasteiger partial charge on any atom is 0.276 e. The second kappa shape index (κ2) is 6.92. The Balaban J connectivity index is 1.59. The second-order valence-electron chi connectivity index (χ2n) is 6.02. The maximum atomic E-state index is 12.1. The SMILES string of the molecule is CN(Cc1nc(C2CCN(S(C)(=O)=O)CC2)no1)C(=O)c1cocn1. The molecule has 0 aliphatic carbocycles. The Kier molecular flexibility index (Phi) is 4.86. The monoisotopic (exact) mass is 369 g/mol. The molecule has 0 spiro atoms. The first kappa shape index (κ1) is 17.5. The summed E-state index contributed by atoms with van der Waals surface area (Å²) < 4.78 is 34.6. The Morgan fingerprint density at radius 1 is 1.40 bits per heavy atom. The number of carbonyl (C=O) groups excluding carboxylic acids is 1. The van der Waals surface area contributed by atoms with Crippen LogP contribution in [-0.2, 0) is 16.6 Å². The van der Waals surface area contributed by atoms with E-state index in [0.717, 1.165) is 0 Å². The Labute approximate surface area is 144 Å². The van der Waals surface area contributed by atoms with E-state index in [1.807, 2.05) is 0 Å². The zero-order chi connectivity index (χ0) is 18.0. The average molecular weight is 369 g/mol. The van der Waals surface area contributed by atoms with Crippen LogP contribution in [0, 0.1) is 0 Å². The van der Waals surface area contributed by atoms with Gasteiger partial charge in [-0.2, -0.15) is 4.98 Å². The first-order valence-corrected chi connectivity index (χ1v) is 9.60. The van der Waals surface area contributed by atoms with Gasteiger partial charge in [0.15, 0.2) is 17.9 Å². The number of sulfonamides is 1. The summed E-state index contributed by atoms with van der Waals surface area (Å²) in [6.07, 6.45) is 4.95. The molecule has 0 unspecified atom stereocenters. The molecule has 0 radical (unpaired) electrons. The summed E-state index contributed by atoms with van der Waals surface area (Å²) in [5.74, 6) is 0.604. The smallest absolute Gasteiger partial charge is 0.276 e. The van der Waals surface area contributed by atoms with Gasteiger partial charge in [-0.25, -0.2) is 17.7 Å². The number of piperidine rings is 1. The number of amides is 1. The van der Waals surface area contributed by atoms with E-state index in [-0.39, 0.29) is 24.1 Å². The first-order chi connectivity index (χ1) is 11.8. The molecule has 25 heavy (non-hydrogen) atoms. The van der Waals surface area contributed by atoms with Crippen LogP contribution in [0.25, 0.3) is 0 Å². The summed E-state index contributed by atoms with van der Waals surface area (Å²) in [6.45, 7) is 1.04. The fourth-order valence-corrected chi connectivity index (χ4v) is 3.61. The van der Waals surface area contributed by atoms with E-state index < -0.39 is 10.0 Å². The topological polar surface area (TPSA) is 123 Å². The molecule has 1 aliphatic heterocycles. The molecule has 2 aromatic heterocycles. The molecular weight excluding hydrogens is 350 g/mol. The lowest BCUT2D eigenvalue weighted by Gasteiger charge is -2.28. The number of carbonyl (C=O) groups is 1. The van der Waals surface area contributed by atoms with Crippen molar-refractivity contribution in [1.82, 2.24) is 24.3 Å². The average Bonchev–Trinajstić information content (AvgIpc) is 3.25. The Bertz CT molecular complexity index is 824. The lowest BCUT2D eigenvalue weighted by molar-refractivity contribution is 0.0763. The van der Waals surface area contributed by atoms with Gasteiger partial charge in [0.2, 0.25) is 15.9 Å². The van der Waals surface area contributed by atoms with Crippen molar-refractivity contribution in [3.63, 3.8) is 0 Å². The second-order valence-corrected chi connectivity index (χ2v) is 8.00. The lowest BCUT2D eigenvalue weighted by Crippen LogP contribution is -2.37. The highest BCUT2D eigenvalue weighted by Gasteiger charge is 2.28. The van der Waals surface area contributed by atoms with E-state index in [2.05, 4.69) is 15.1 Å². The predicted molar refractivity (Wildman–Crippen MR) is 85.0 cm³/mol. The Hall–Kier alpha value is -2.27. The fourth-order valence-electron chi connectivity index (χ4n) is 2.73. The van der Waals surface area contributed by atoms with Gasteiger partial charge in [0, 0.05) is 26.1 Å². The van der Waals surface area contributed by atoms with E-state index in [1.54, 1.807) is 7.05 Å². The quantitative estimate of drug-likeness (QED) is 0.745. The zero-order valence-corrected chi connectivity index (χ0v) is 14.8. The zero-order valence-electron chi connectivity index (χ0n) is 14.0. The van der Waals surface area contributed by atoms with Crippen molar-refractivity contribution in [1.29, 1.82) is 0 Å². The van der Waals surface area contributed by atoms with Gasteiger partial charge >= 0.3 is 0 Å². The van der Waals surface area contributed by atoms with Crippen LogP contribution < -0.4 is 0 Å². The van der Waals surface area contributed by atoms with Crippen LogP contribution in [0.5, 0.6) is 0 Å². The van der Waals surface area contributed by atoms with E-state index in [9.17, 15) is 13.2 Å². The molecule has 0 atom stereocenters. The van der Waals surface area contributed by atoms with Crippen LogP contribution in [0.2, 0.25) is 0 Å². The van der Waals surface area contributed by atoms with E-state index in [4.69, 9.17) is 8.94 Å². The number of aromatic nitrogens is 3. The van der Waals surface area contributed by atoms with Gasteiger partial charge in [-0.1, -0.05) is 5.16 Å². The van der Waals surface area contributed by atoms with Crippen LogP contribution >= 0.6 is 0 Å². The molecule has 1 fully saturated rings. The molecule has 11 heteroatoms. The lowest BCUT2D eigenvalue weighted by atomic mass is 9.98. The minimum Gasteiger partial charge on any atom is -0.451 e. The summed E-state index contributed by atoms with van der Waals surface area (Å²) in [6, 6.07) is 0. The third-order valence-corrected chi connectivity index (χ3v) is 5.45. The molecule has 0 saturated carbocycles. The highest BCUT2D eigenvalue weighted by atomic mass is 32.2. The molecule has 0 aromatic carbocycles. The highest BCUT2D eigenvalue weighted by molar-refractivity contribution is 7.88. The van der Waals surface area contributed by atoms with Crippen molar-refractivity contribution in [2.75, 3.05) is 26.4 Å². The van der Waals surface area contributed by atoms with Gasteiger partial charge in [0.1, 0.15) is 12.8 Å². The van der Waals surface area contributed by atoms with E-state index >= 15 is 0 Å². The summed E-state index contributed by atoms with van der Waals surface area (Å²) >= 11 is 0. The number of hydrogen-bond acceptors (Lipinski definition) is 8. The predicted octanol–water partition coefficient (Wildman–Crippen LogP) is 0.469. The molecule has 3 rings (SSSR count). The van der Waals surface area contributed by atoms with Gasteiger partial charge in [-0.05, 0) is 12.8 Å². The molecule has 1 saturated heterocycles. The van der Waals surface area contributed by atoms with Gasteiger partial charge in [-0.15, -0.1) is 0 Å². The third kappa shape index (κ3) is 4.04. The number of rotatable bonds is 5. The fraction of sp³-hybridized carbons (Fsp3) is 0.571. The van der Waals surface area contributed by atoms with Crippen molar-refractivity contribution in [3.05, 3.63) is 30.1 Å². The van der Waals surface area contributed by atoms with Crippen molar-refractivity contribution < 1.29 is 22.2 Å². The van der Waals surface area contributed by atoms with Crippen LogP contribution in [-0.4, -0.2) is 65.0 Å². The molecule has 3 heterocycles. The van der Waals surface area contributed by atoms with Crippen molar-refractivity contribution in [2.24, 2.45) is 0 Å². The van der Waals surface area contributed by atoms with Crippen LogP contribution in [0.4, 0.5) is 0 Å². The molecule has 0 bridgehead atoms. The molecule has 10 nitrogen and oxygen atoms in total. The van der Waals surface area contributed by atoms with Crippen molar-refractivity contribution in [3.8, 4) is 0 Å². The minimum absolute atomic E-state index is 0.0482. The van der Waals surface area contributed by atoms with Crippen LogP contribution in [0.1, 0.15) is 41.0 Å². The van der Waals surface area contributed by atoms with Gasteiger partial charge in [0.25, 0.3) is 5.91 Å². The van der Waals surface area contributed by atoms with Crippen molar-refractivity contribution >= 4 is 15.9 Å². The number of nitrogens with zero attached hydrogens (tertiary/aromatic N) is 5. The number of oxazole rings is 1. The van der Waals surface area contributed by atoms with E-state index in [0.29, 0.717) is 37.6 Å². The molecule has 136 valence electrons. The van der Waals surface area contributed by atoms with Gasteiger partial charge in [-0.3, -0.25) is 4.79 Å². The van der Waals surface area contributed by atoms with Crippen LogP contribution in [0.3, 0.4) is 0 Å². The molecule has 2 aromatic rings. The summed E-state index contributed by atoms with van der Waals surface area (Å²) in [4.78, 5) is 21.7. The Morgan fingerprint density at radius 3 is 2.72 bits per heavy atom. The first-order valence-electron chi connectivity index (χ1n) is 7.76. The largest absolute Gasteiger partial charge is 0.451 e. The standard InChI is InChI=1S/C14H19N5O5S/c1-18(14(20)11-8-23-9-15-11)7-12-16-13(17-24-12)10-3-5-19(6-4-10)25(2,21)22/h8-10H,3-7H2,1-2H3. The van der Waals surface area contributed by atoms with Gasteiger partial charge < -0.3 is 13.8 Å². The maximum absolute atomic E-state index is 12.1. The minimum atomic E-state index is -3.16. The molecule has 1 amide bonds. The molecule has 0 N–H and O–H groups in total. The van der Waals surface area contributed by atoms with Crippen molar-refractivity contribution in [2.45, 2.75) is 25.3 Å². The third-order valence-electron chi connectivity index (χ3n) is 4.14. The molecular formula is C14H19N5O5S. The van der Waals surface area contributed by atoms with E-state index in [1.165, 1.54) is 28.1 Å². The normalized spacial score (nSPS) is 16.9. The Morgan fingerprint density at radius 2 is 2.12 bits per heavy atom. The number of hydrogen-bond donors (Lipinski definition) is 0. The summed E-state index contributed by atoms with van der Waals surface area (Å²) in [5.41, 5.74) is 0.204. The highest BCUT2D eigenvalue weighted by Crippen LogP contribution is 2.27. The van der Waals surface area contributed by atoms with Crippen LogP contribution in [0.15, 0.2) is 21.6 Å². The molecule has 1 aliphatic rings. The summed E-state index contributed by atoms with van der Waals surface area (Å²) in [7, 11) is -1.56.